The summed E-state index contributed by atoms with van der Waals surface area (Å²) in [4.78, 5) is 24.9. The van der Waals surface area contributed by atoms with Crippen molar-refractivity contribution in [3.8, 4) is 11.3 Å². The molecule has 0 radical (unpaired) electrons. The van der Waals surface area contributed by atoms with Crippen molar-refractivity contribution in [2.24, 2.45) is 0 Å². The van der Waals surface area contributed by atoms with Gasteiger partial charge in [0.05, 0.1) is 17.2 Å². The third kappa shape index (κ3) is 1.57. The molecule has 0 aliphatic carbocycles. The Hall–Kier alpha value is -2.56. The maximum absolute atomic E-state index is 11.5. The highest BCUT2D eigenvalue weighted by atomic mass is 16.4. The first-order valence-electron chi connectivity index (χ1n) is 4.95. The Balaban J connectivity index is 2.34. The van der Waals surface area contributed by atoms with Gasteiger partial charge in [0.2, 0.25) is 0 Å². The molecule has 0 atom stereocenters. The molecule has 0 aliphatic heterocycles. The summed E-state index contributed by atoms with van der Waals surface area (Å²) in [5, 5.41) is 0.318. The normalized spacial score (nSPS) is 10.8. The number of aromatic nitrogens is 1. The number of benzene rings is 1. The largest absolute Gasteiger partial charge is 0.464 e. The average Bonchev–Trinajstić information content (AvgIpc) is 2.82. The standard InChI is InChI=1S/C12H7NO4/c14-11-8-6-7(10-2-1-5-16-10)3-4-9(8)13-12(15)17-11/h1-6H,(H,13,15). The van der Waals surface area contributed by atoms with E-state index in [1.54, 1.807) is 36.6 Å². The van der Waals surface area contributed by atoms with Gasteiger partial charge in [-0.05, 0) is 30.3 Å². The molecule has 3 aromatic rings. The molecule has 2 aromatic heterocycles. The van der Waals surface area contributed by atoms with E-state index < -0.39 is 11.4 Å². The van der Waals surface area contributed by atoms with E-state index in [0.717, 1.165) is 5.56 Å². The molecule has 2 heterocycles. The number of aromatic amines is 1. The second-order valence-electron chi connectivity index (χ2n) is 3.54. The predicted octanol–water partition coefficient (Wildman–Crippen LogP) is 1.74. The highest BCUT2D eigenvalue weighted by molar-refractivity contribution is 5.82. The first kappa shape index (κ1) is 9.65. The van der Waals surface area contributed by atoms with Crippen LogP contribution in [-0.2, 0) is 0 Å². The number of H-pyrrole nitrogens is 1. The molecule has 84 valence electrons. The van der Waals surface area contributed by atoms with Crippen LogP contribution in [0.5, 0.6) is 0 Å². The van der Waals surface area contributed by atoms with E-state index in [0.29, 0.717) is 16.7 Å². The lowest BCUT2D eigenvalue weighted by Gasteiger charge is -1.99. The third-order valence-corrected chi connectivity index (χ3v) is 2.47. The Bertz CT molecular complexity index is 780. The SMILES string of the molecule is O=c1[nH]c2ccc(-c3ccco3)cc2c(=O)o1. The van der Waals surface area contributed by atoms with E-state index in [-0.39, 0.29) is 0 Å². The van der Waals surface area contributed by atoms with Gasteiger partial charge in [0.1, 0.15) is 5.76 Å². The summed E-state index contributed by atoms with van der Waals surface area (Å²) in [6.45, 7) is 0. The lowest BCUT2D eigenvalue weighted by atomic mass is 10.1. The van der Waals surface area contributed by atoms with Crippen LogP contribution in [0.1, 0.15) is 0 Å². The molecule has 3 rings (SSSR count). The van der Waals surface area contributed by atoms with Crippen LogP contribution in [0, 0.1) is 0 Å². The van der Waals surface area contributed by atoms with Crippen LogP contribution < -0.4 is 11.4 Å². The summed E-state index contributed by atoms with van der Waals surface area (Å²) in [5.74, 6) is -0.106. The molecule has 0 unspecified atom stereocenters. The van der Waals surface area contributed by atoms with Crippen LogP contribution in [0.15, 0.2) is 55.0 Å². The van der Waals surface area contributed by atoms with Gasteiger partial charge < -0.3 is 8.83 Å². The summed E-state index contributed by atoms with van der Waals surface area (Å²) in [7, 11) is 0. The zero-order chi connectivity index (χ0) is 11.8. The predicted molar refractivity (Wildman–Crippen MR) is 60.8 cm³/mol. The van der Waals surface area contributed by atoms with Crippen molar-refractivity contribution >= 4 is 10.9 Å². The summed E-state index contributed by atoms with van der Waals surface area (Å²) in [5.41, 5.74) is 0.542. The minimum Gasteiger partial charge on any atom is -0.464 e. The molecule has 0 saturated carbocycles. The van der Waals surface area contributed by atoms with Crippen molar-refractivity contribution in [1.29, 1.82) is 0 Å². The Labute approximate surface area is 94.3 Å². The molecule has 5 heteroatoms. The Morgan fingerprint density at radius 3 is 2.76 bits per heavy atom. The quantitative estimate of drug-likeness (QED) is 0.689. The van der Waals surface area contributed by atoms with Gasteiger partial charge in [-0.1, -0.05) is 0 Å². The highest BCUT2D eigenvalue weighted by Crippen LogP contribution is 2.21. The van der Waals surface area contributed by atoms with Crippen LogP contribution in [-0.4, -0.2) is 4.98 Å². The molecular formula is C12H7NO4. The zero-order valence-electron chi connectivity index (χ0n) is 8.60. The number of fused-ring (bicyclic) bond motifs is 1. The summed E-state index contributed by atoms with van der Waals surface area (Å²) >= 11 is 0. The average molecular weight is 229 g/mol. The Morgan fingerprint density at radius 2 is 2.00 bits per heavy atom. The molecule has 1 aromatic carbocycles. The van der Waals surface area contributed by atoms with Crippen molar-refractivity contribution in [2.45, 2.75) is 0 Å². The van der Waals surface area contributed by atoms with E-state index in [1.165, 1.54) is 0 Å². The molecule has 0 bridgehead atoms. The maximum atomic E-state index is 11.5. The monoisotopic (exact) mass is 229 g/mol. The molecule has 1 N–H and O–H groups in total. The minimum absolute atomic E-state index is 0.318. The van der Waals surface area contributed by atoms with Crippen molar-refractivity contribution in [3.63, 3.8) is 0 Å². The van der Waals surface area contributed by atoms with Gasteiger partial charge >= 0.3 is 11.4 Å². The number of hydrogen-bond donors (Lipinski definition) is 1. The van der Waals surface area contributed by atoms with Crippen LogP contribution >= 0.6 is 0 Å². The topological polar surface area (TPSA) is 76.2 Å². The lowest BCUT2D eigenvalue weighted by molar-refractivity contribution is 0.460. The number of furan rings is 1. The second-order valence-corrected chi connectivity index (χ2v) is 3.54. The van der Waals surface area contributed by atoms with Crippen molar-refractivity contribution in [1.82, 2.24) is 4.98 Å². The molecule has 0 spiro atoms. The van der Waals surface area contributed by atoms with Crippen LogP contribution in [0.25, 0.3) is 22.2 Å². The maximum Gasteiger partial charge on any atom is 0.419 e. The fourth-order valence-electron chi connectivity index (χ4n) is 1.69. The van der Waals surface area contributed by atoms with Gasteiger partial charge in [0.15, 0.2) is 0 Å². The highest BCUT2D eigenvalue weighted by Gasteiger charge is 2.06. The molecular weight excluding hydrogens is 222 g/mol. The van der Waals surface area contributed by atoms with Crippen LogP contribution in [0.2, 0.25) is 0 Å². The minimum atomic E-state index is -0.756. The van der Waals surface area contributed by atoms with Gasteiger partial charge in [-0.3, -0.25) is 4.98 Å². The van der Waals surface area contributed by atoms with E-state index >= 15 is 0 Å². The molecule has 17 heavy (non-hydrogen) atoms. The van der Waals surface area contributed by atoms with Crippen LogP contribution in [0.4, 0.5) is 0 Å². The molecule has 0 aliphatic rings. The number of hydrogen-bond acceptors (Lipinski definition) is 4. The number of rotatable bonds is 1. The second kappa shape index (κ2) is 3.48. The molecule has 0 saturated heterocycles. The third-order valence-electron chi connectivity index (χ3n) is 2.47. The van der Waals surface area contributed by atoms with Gasteiger partial charge in [-0.25, -0.2) is 9.59 Å². The van der Waals surface area contributed by atoms with Gasteiger partial charge in [0.25, 0.3) is 0 Å². The van der Waals surface area contributed by atoms with Gasteiger partial charge in [0, 0.05) is 5.56 Å². The first-order valence-corrected chi connectivity index (χ1v) is 4.95. The Morgan fingerprint density at radius 1 is 1.12 bits per heavy atom. The van der Waals surface area contributed by atoms with E-state index in [9.17, 15) is 9.59 Å². The Kier molecular flexibility index (Phi) is 1.98. The molecule has 5 nitrogen and oxygen atoms in total. The number of nitrogens with one attached hydrogen (secondary N) is 1. The lowest BCUT2D eigenvalue weighted by Crippen LogP contribution is -2.14. The molecule has 0 fully saturated rings. The molecule has 0 amide bonds. The smallest absolute Gasteiger partial charge is 0.419 e. The van der Waals surface area contributed by atoms with Gasteiger partial charge in [-0.15, -0.1) is 0 Å². The zero-order valence-corrected chi connectivity index (χ0v) is 8.60. The van der Waals surface area contributed by atoms with Gasteiger partial charge in [-0.2, -0.15) is 0 Å². The first-order chi connectivity index (χ1) is 8.24. The van der Waals surface area contributed by atoms with Crippen molar-refractivity contribution < 1.29 is 8.83 Å². The fourth-order valence-corrected chi connectivity index (χ4v) is 1.69. The van der Waals surface area contributed by atoms with Crippen molar-refractivity contribution in [3.05, 3.63) is 57.6 Å². The van der Waals surface area contributed by atoms with E-state index in [2.05, 4.69) is 9.40 Å². The summed E-state index contributed by atoms with van der Waals surface area (Å²) in [6, 6.07) is 8.57. The van der Waals surface area contributed by atoms with Crippen LogP contribution in [0.3, 0.4) is 0 Å². The van der Waals surface area contributed by atoms with E-state index in [1.807, 2.05) is 0 Å². The summed E-state index contributed by atoms with van der Waals surface area (Å²) in [6.07, 6.45) is 1.55. The summed E-state index contributed by atoms with van der Waals surface area (Å²) < 4.78 is 9.69. The van der Waals surface area contributed by atoms with Crippen molar-refractivity contribution in [2.75, 3.05) is 0 Å². The fraction of sp³-hybridized carbons (Fsp3) is 0. The van der Waals surface area contributed by atoms with E-state index in [4.69, 9.17) is 4.42 Å².